The molecule has 16 heavy (non-hydrogen) atoms. The lowest BCUT2D eigenvalue weighted by atomic mass is 10.2. The van der Waals surface area contributed by atoms with Crippen LogP contribution in [0.25, 0.3) is 0 Å². The minimum absolute atomic E-state index is 0.0213. The molecule has 1 unspecified atom stereocenters. The predicted octanol–water partition coefficient (Wildman–Crippen LogP) is 1.69. The maximum absolute atomic E-state index is 13.0. The summed E-state index contributed by atoms with van der Waals surface area (Å²) in [5, 5.41) is 19.3. The number of nitrogens with zero attached hydrogens (tertiary/aromatic N) is 1. The average Bonchev–Trinajstić information content (AvgIpc) is 2.70. The van der Waals surface area contributed by atoms with E-state index >= 15 is 0 Å². The van der Waals surface area contributed by atoms with Gasteiger partial charge in [0.25, 0.3) is 0 Å². The Morgan fingerprint density at radius 3 is 3.00 bits per heavy atom. The summed E-state index contributed by atoms with van der Waals surface area (Å²) in [7, 11) is 0. The normalized spacial score (nSPS) is 19.8. The molecule has 0 radical (unpaired) electrons. The van der Waals surface area contributed by atoms with Gasteiger partial charge in [-0.05, 0) is 12.1 Å². The molecule has 2 rings (SSSR count). The van der Waals surface area contributed by atoms with E-state index in [9.17, 15) is 9.60 Å². The van der Waals surface area contributed by atoms with Crippen LogP contribution in [0.5, 0.6) is 5.75 Å². The minimum Gasteiger partial charge on any atom is -0.733 e. The van der Waals surface area contributed by atoms with E-state index in [1.807, 2.05) is 0 Å². The van der Waals surface area contributed by atoms with Crippen molar-refractivity contribution in [2.75, 3.05) is 18.4 Å². The van der Waals surface area contributed by atoms with E-state index in [-0.39, 0.29) is 22.8 Å². The summed E-state index contributed by atoms with van der Waals surface area (Å²) in [6, 6.07) is 3.30. The maximum Gasteiger partial charge on any atom is 0.147 e. The van der Waals surface area contributed by atoms with Crippen molar-refractivity contribution < 1.29 is 19.1 Å². The van der Waals surface area contributed by atoms with E-state index < -0.39 is 5.82 Å². The van der Waals surface area contributed by atoms with Gasteiger partial charge in [-0.3, -0.25) is 5.21 Å². The molecule has 1 aromatic rings. The number of halogens is 1. The maximum atomic E-state index is 13.0. The first-order valence-corrected chi connectivity index (χ1v) is 4.87. The van der Waals surface area contributed by atoms with Crippen LogP contribution in [0.4, 0.5) is 10.1 Å². The second-order valence-corrected chi connectivity index (χ2v) is 3.49. The van der Waals surface area contributed by atoms with Crippen LogP contribution in [0.1, 0.15) is 6.42 Å². The molecule has 0 aliphatic carbocycles. The van der Waals surface area contributed by atoms with Crippen molar-refractivity contribution in [3.05, 3.63) is 29.2 Å². The number of hydrogen-bond donors (Lipinski definition) is 1. The lowest BCUT2D eigenvalue weighted by Crippen LogP contribution is -2.18. The Balaban J connectivity index is 2.19. The van der Waals surface area contributed by atoms with Crippen LogP contribution in [0.15, 0.2) is 18.2 Å². The highest BCUT2D eigenvalue weighted by atomic mass is 19.1. The molecular weight excluding hydrogens is 217 g/mol. The van der Waals surface area contributed by atoms with Crippen molar-refractivity contribution in [3.8, 4) is 5.75 Å². The van der Waals surface area contributed by atoms with Crippen LogP contribution in [-0.2, 0) is 4.74 Å². The number of ether oxygens (including phenoxy) is 2. The Bertz CT molecular complexity index is 366. The molecule has 1 heterocycles. The molecule has 1 atom stereocenters. The first-order chi connectivity index (χ1) is 7.66. The van der Waals surface area contributed by atoms with Crippen molar-refractivity contribution >= 4 is 5.69 Å². The fraction of sp³-hybridized carbons (Fsp3) is 0.400. The van der Waals surface area contributed by atoms with Crippen molar-refractivity contribution in [3.63, 3.8) is 0 Å². The van der Waals surface area contributed by atoms with Gasteiger partial charge in [0.05, 0.1) is 18.9 Å². The molecule has 1 fully saturated rings. The number of anilines is 1. The molecule has 1 aliphatic heterocycles. The Morgan fingerprint density at radius 1 is 1.56 bits per heavy atom. The van der Waals surface area contributed by atoms with Gasteiger partial charge in [-0.15, -0.1) is 0 Å². The van der Waals surface area contributed by atoms with Gasteiger partial charge in [-0.1, -0.05) is 0 Å². The average molecular weight is 228 g/mol. The van der Waals surface area contributed by atoms with E-state index in [1.54, 1.807) is 0 Å². The van der Waals surface area contributed by atoms with Crippen LogP contribution in [-0.4, -0.2) is 24.5 Å². The zero-order valence-corrected chi connectivity index (χ0v) is 8.43. The van der Waals surface area contributed by atoms with Crippen LogP contribution in [0, 0.1) is 11.0 Å². The zero-order valence-electron chi connectivity index (χ0n) is 8.43. The highest BCUT2D eigenvalue weighted by Crippen LogP contribution is 2.29. The molecule has 1 N–H and O–H groups in total. The van der Waals surface area contributed by atoms with Gasteiger partial charge < -0.3 is 19.9 Å². The van der Waals surface area contributed by atoms with Gasteiger partial charge in [0, 0.05) is 12.5 Å². The van der Waals surface area contributed by atoms with E-state index in [0.29, 0.717) is 19.6 Å². The second-order valence-electron chi connectivity index (χ2n) is 3.49. The molecule has 1 aliphatic rings. The van der Waals surface area contributed by atoms with Crippen molar-refractivity contribution in [2.45, 2.75) is 12.5 Å². The quantitative estimate of drug-likeness (QED) is 0.797. The Kier molecular flexibility index (Phi) is 3.23. The molecular formula is C10H11FNO4-. The van der Waals surface area contributed by atoms with E-state index in [4.69, 9.17) is 14.7 Å². The smallest absolute Gasteiger partial charge is 0.147 e. The summed E-state index contributed by atoms with van der Waals surface area (Å²) >= 11 is 0. The van der Waals surface area contributed by atoms with E-state index in [1.165, 1.54) is 0 Å². The van der Waals surface area contributed by atoms with Crippen molar-refractivity contribution in [2.24, 2.45) is 0 Å². The first-order valence-electron chi connectivity index (χ1n) is 4.87. The molecule has 5 nitrogen and oxygen atoms in total. The summed E-state index contributed by atoms with van der Waals surface area (Å²) in [4.78, 5) is 0. The number of benzene rings is 1. The lowest BCUT2D eigenvalue weighted by Gasteiger charge is -2.25. The third-order valence-corrected chi connectivity index (χ3v) is 2.31. The minimum atomic E-state index is -0.528. The SMILES string of the molecule is [O-]N(O)c1ccc(F)cc1OC1CCOC1. The molecule has 0 bridgehead atoms. The summed E-state index contributed by atoms with van der Waals surface area (Å²) in [6.45, 7) is 0.982. The molecule has 1 saturated heterocycles. The summed E-state index contributed by atoms with van der Waals surface area (Å²) in [5.74, 6) is -0.507. The van der Waals surface area contributed by atoms with Gasteiger partial charge in [-0.2, -0.15) is 0 Å². The monoisotopic (exact) mass is 228 g/mol. The lowest BCUT2D eigenvalue weighted by molar-refractivity contribution is 0.140. The van der Waals surface area contributed by atoms with Crippen LogP contribution >= 0.6 is 0 Å². The van der Waals surface area contributed by atoms with Gasteiger partial charge in [0.1, 0.15) is 17.7 Å². The first kappa shape index (κ1) is 11.1. The molecule has 88 valence electrons. The molecule has 0 amide bonds. The molecule has 6 heteroatoms. The molecule has 0 aromatic heterocycles. The van der Waals surface area contributed by atoms with Gasteiger partial charge >= 0.3 is 0 Å². The van der Waals surface area contributed by atoms with Crippen LogP contribution < -0.4 is 9.96 Å². The van der Waals surface area contributed by atoms with Gasteiger partial charge in [0.15, 0.2) is 0 Å². The van der Waals surface area contributed by atoms with Crippen LogP contribution in [0.3, 0.4) is 0 Å². The van der Waals surface area contributed by atoms with E-state index in [0.717, 1.165) is 18.2 Å². The standard InChI is InChI=1S/C10H11FNO4/c11-7-1-2-9(12(13)14)10(5-7)16-8-3-4-15-6-8/h1-2,5,8,13H,3-4,6H2/q-1. The second kappa shape index (κ2) is 4.65. The van der Waals surface area contributed by atoms with Crippen molar-refractivity contribution in [1.82, 2.24) is 0 Å². The molecule has 0 spiro atoms. The zero-order chi connectivity index (χ0) is 11.5. The fourth-order valence-corrected chi connectivity index (χ4v) is 1.53. The molecule has 0 saturated carbocycles. The van der Waals surface area contributed by atoms with Crippen LogP contribution in [0.2, 0.25) is 0 Å². The number of hydrogen-bond acceptors (Lipinski definition) is 5. The Morgan fingerprint density at radius 2 is 2.38 bits per heavy atom. The number of rotatable bonds is 3. The van der Waals surface area contributed by atoms with E-state index in [2.05, 4.69) is 0 Å². The summed E-state index contributed by atoms with van der Waals surface area (Å²) in [5.41, 5.74) is -0.117. The summed E-state index contributed by atoms with van der Waals surface area (Å²) in [6.07, 6.45) is 0.473. The third-order valence-electron chi connectivity index (χ3n) is 2.31. The Labute approximate surface area is 91.5 Å². The highest BCUT2D eigenvalue weighted by molar-refractivity contribution is 5.57. The third kappa shape index (κ3) is 2.41. The highest BCUT2D eigenvalue weighted by Gasteiger charge is 2.19. The van der Waals surface area contributed by atoms with Gasteiger partial charge in [-0.25, -0.2) is 4.39 Å². The fourth-order valence-electron chi connectivity index (χ4n) is 1.53. The topological polar surface area (TPSA) is 65.0 Å². The van der Waals surface area contributed by atoms with Crippen molar-refractivity contribution in [1.29, 1.82) is 0 Å². The predicted molar refractivity (Wildman–Crippen MR) is 53.9 cm³/mol. The van der Waals surface area contributed by atoms with Gasteiger partial charge in [0.2, 0.25) is 0 Å². The largest absolute Gasteiger partial charge is 0.733 e. The Hall–Kier alpha value is -1.37. The summed E-state index contributed by atoms with van der Waals surface area (Å²) < 4.78 is 23.4. The molecule has 1 aromatic carbocycles.